The summed E-state index contributed by atoms with van der Waals surface area (Å²) in [6.45, 7) is 1.36. The van der Waals surface area contributed by atoms with Gasteiger partial charge in [-0.3, -0.25) is 14.5 Å². The summed E-state index contributed by atoms with van der Waals surface area (Å²) in [7, 11) is 3.90. The van der Waals surface area contributed by atoms with Crippen LogP contribution >= 0.6 is 47.3 Å². The molecule has 2 unspecified atom stereocenters. The first kappa shape index (κ1) is 27.2. The number of hydrogen-bond acceptors (Lipinski definition) is 12. The minimum atomic E-state index is -1.18. The number of carboxylic acids is 1. The molecule has 13 nitrogen and oxygen atoms in total. The van der Waals surface area contributed by atoms with E-state index in [4.69, 9.17) is 5.73 Å². The van der Waals surface area contributed by atoms with E-state index in [1.165, 1.54) is 39.8 Å². The lowest BCUT2D eigenvalue weighted by Crippen LogP contribution is -2.70. The van der Waals surface area contributed by atoms with Gasteiger partial charge in [0.1, 0.15) is 17.1 Å². The molecule has 4 N–H and O–H groups in total. The van der Waals surface area contributed by atoms with Crippen LogP contribution in [0.1, 0.15) is 5.69 Å². The molecule has 190 valence electrons. The molecule has 0 bridgehead atoms. The van der Waals surface area contributed by atoms with Gasteiger partial charge >= 0.3 is 5.97 Å². The standard InChI is InChI=1S/C18H23N9O4S3.ClH/c1-25(2)3-4-26-18(22-23-24-26)34-7-9-6-32-15-12(14(29)27(15)13(9)16(30)31)21-11(28)5-10-8-33-17(19)20-10;/h8,12,15H,3-7H2,1-2H3,(H2,19,20)(H,21,28)(H,30,31);1H. The first-order valence-electron chi connectivity index (χ1n) is 10.2. The van der Waals surface area contributed by atoms with Gasteiger partial charge < -0.3 is 21.1 Å². The fourth-order valence-corrected chi connectivity index (χ4v) is 6.42. The first-order chi connectivity index (χ1) is 16.2. The average molecular weight is 562 g/mol. The molecule has 4 heterocycles. The van der Waals surface area contributed by atoms with Gasteiger partial charge in [0.05, 0.1) is 18.7 Å². The number of likely N-dealkylation sites (N-methyl/N-ethyl adjacent to an activating group) is 1. The van der Waals surface area contributed by atoms with E-state index in [0.717, 1.165) is 6.54 Å². The molecule has 0 aromatic carbocycles. The number of fused-ring (bicyclic) bond motifs is 1. The molecule has 2 aliphatic rings. The zero-order chi connectivity index (χ0) is 24.4. The van der Waals surface area contributed by atoms with Crippen molar-refractivity contribution in [3.8, 4) is 0 Å². The van der Waals surface area contributed by atoms with Gasteiger partial charge in [0.15, 0.2) is 5.13 Å². The largest absolute Gasteiger partial charge is 0.477 e. The number of halogens is 1. The number of tetrazole rings is 1. The number of amides is 2. The highest BCUT2D eigenvalue weighted by atomic mass is 35.5. The smallest absolute Gasteiger partial charge is 0.352 e. The fraction of sp³-hybridized carbons (Fsp3) is 0.500. The number of thiazole rings is 1. The summed E-state index contributed by atoms with van der Waals surface area (Å²) < 4.78 is 1.67. The number of carbonyl (C=O) groups excluding carboxylic acids is 2. The van der Waals surface area contributed by atoms with Crippen LogP contribution in [0.15, 0.2) is 21.8 Å². The Labute approximate surface area is 219 Å². The van der Waals surface area contributed by atoms with Crippen molar-refractivity contribution in [3.63, 3.8) is 0 Å². The Morgan fingerprint density at radius 3 is 2.83 bits per heavy atom. The number of β-lactam (4-membered cyclic amide) rings is 1. The van der Waals surface area contributed by atoms with Crippen LogP contribution in [0.5, 0.6) is 0 Å². The van der Waals surface area contributed by atoms with Crippen LogP contribution in [0.2, 0.25) is 0 Å². The van der Waals surface area contributed by atoms with Crippen LogP contribution < -0.4 is 11.1 Å². The molecule has 2 aromatic heterocycles. The third-order valence-electron chi connectivity index (χ3n) is 5.11. The minimum absolute atomic E-state index is 0. The second-order valence-electron chi connectivity index (χ2n) is 7.84. The second kappa shape index (κ2) is 11.6. The Morgan fingerprint density at radius 2 is 2.17 bits per heavy atom. The topological polar surface area (TPSA) is 172 Å². The number of nitrogens with zero attached hydrogens (tertiary/aromatic N) is 7. The number of aromatic nitrogens is 5. The molecule has 17 heteroatoms. The van der Waals surface area contributed by atoms with Gasteiger partial charge in [-0.25, -0.2) is 14.5 Å². The van der Waals surface area contributed by atoms with Crippen LogP contribution in [0.3, 0.4) is 0 Å². The third-order valence-corrected chi connectivity index (χ3v) is 8.22. The third kappa shape index (κ3) is 6.06. The lowest BCUT2D eigenvalue weighted by Gasteiger charge is -2.49. The lowest BCUT2D eigenvalue weighted by atomic mass is 10.0. The van der Waals surface area contributed by atoms with E-state index in [0.29, 0.717) is 39.6 Å². The second-order valence-corrected chi connectivity index (χ2v) is 10.8. The number of carboxylic acid groups (broad SMARTS) is 1. The van der Waals surface area contributed by atoms with Gasteiger partial charge in [-0.15, -0.1) is 40.6 Å². The SMILES string of the molecule is CN(C)CCn1nnnc1SCC1=C(C(=O)O)N2C(=O)C(NC(=O)Cc3csc(N)n3)C2SC1.Cl. The summed E-state index contributed by atoms with van der Waals surface area (Å²) in [6, 6.07) is -0.782. The van der Waals surface area contributed by atoms with E-state index in [2.05, 4.69) is 25.8 Å². The van der Waals surface area contributed by atoms with Crippen molar-refractivity contribution in [3.05, 3.63) is 22.3 Å². The maximum Gasteiger partial charge on any atom is 0.352 e. The quantitative estimate of drug-likeness (QED) is 0.257. The number of aliphatic carboxylic acids is 1. The van der Waals surface area contributed by atoms with E-state index >= 15 is 0 Å². The molecule has 0 aliphatic carbocycles. The van der Waals surface area contributed by atoms with E-state index in [1.807, 2.05) is 19.0 Å². The van der Waals surface area contributed by atoms with Crippen molar-refractivity contribution in [2.45, 2.75) is 29.5 Å². The molecular weight excluding hydrogens is 538 g/mol. The highest BCUT2D eigenvalue weighted by Crippen LogP contribution is 2.41. The first-order valence-corrected chi connectivity index (χ1v) is 13.1. The van der Waals surface area contributed by atoms with Gasteiger partial charge in [-0.05, 0) is 30.1 Å². The van der Waals surface area contributed by atoms with Crippen molar-refractivity contribution in [2.24, 2.45) is 0 Å². The van der Waals surface area contributed by atoms with Crippen molar-refractivity contribution in [1.29, 1.82) is 0 Å². The summed E-state index contributed by atoms with van der Waals surface area (Å²) in [6.07, 6.45) is 0.000917. The van der Waals surface area contributed by atoms with Gasteiger partial charge in [0, 0.05) is 23.4 Å². The van der Waals surface area contributed by atoms with E-state index < -0.39 is 23.3 Å². The normalized spacial score (nSPS) is 19.3. The van der Waals surface area contributed by atoms with E-state index in [1.54, 1.807) is 10.1 Å². The molecular formula is C18H24ClN9O4S3. The Kier molecular flexibility index (Phi) is 8.98. The van der Waals surface area contributed by atoms with Gasteiger partial charge in [-0.2, -0.15) is 0 Å². The predicted octanol–water partition coefficient (Wildman–Crippen LogP) is -0.231. The number of nitrogens with two attached hydrogens (primary N) is 1. The summed E-state index contributed by atoms with van der Waals surface area (Å²) in [4.78, 5) is 44.5. The molecule has 1 saturated heterocycles. The molecule has 1 fully saturated rings. The molecule has 2 aliphatic heterocycles. The molecule has 4 rings (SSSR count). The van der Waals surface area contributed by atoms with Crippen molar-refractivity contribution >= 4 is 70.2 Å². The number of thioether (sulfide) groups is 2. The Balaban J connectivity index is 0.00000342. The number of carbonyl (C=O) groups is 3. The number of nitrogens with one attached hydrogen (secondary N) is 1. The highest BCUT2D eigenvalue weighted by Gasteiger charge is 2.54. The molecule has 35 heavy (non-hydrogen) atoms. The van der Waals surface area contributed by atoms with Crippen LogP contribution in [0.25, 0.3) is 0 Å². The van der Waals surface area contributed by atoms with Crippen molar-refractivity contribution in [2.75, 3.05) is 37.9 Å². The van der Waals surface area contributed by atoms with Crippen LogP contribution in [-0.2, 0) is 27.3 Å². The molecule has 2 amide bonds. The highest BCUT2D eigenvalue weighted by molar-refractivity contribution is 8.01. The molecule has 2 atom stereocenters. The zero-order valence-corrected chi connectivity index (χ0v) is 22.0. The zero-order valence-electron chi connectivity index (χ0n) is 18.8. The Bertz CT molecular complexity index is 1140. The molecule has 2 aromatic rings. The summed E-state index contributed by atoms with van der Waals surface area (Å²) >= 11 is 3.98. The predicted molar refractivity (Wildman–Crippen MR) is 134 cm³/mol. The fourth-order valence-electron chi connectivity index (χ4n) is 3.47. The molecule has 0 radical (unpaired) electrons. The summed E-state index contributed by atoms with van der Waals surface area (Å²) in [5.41, 5.74) is 6.68. The van der Waals surface area contributed by atoms with Gasteiger partial charge in [0.2, 0.25) is 11.1 Å². The number of anilines is 1. The Morgan fingerprint density at radius 1 is 1.40 bits per heavy atom. The maximum absolute atomic E-state index is 12.8. The van der Waals surface area contributed by atoms with Crippen LogP contribution in [0, 0.1) is 0 Å². The Hall–Kier alpha value is -2.40. The summed E-state index contributed by atoms with van der Waals surface area (Å²) in [5.74, 6) is -1.24. The van der Waals surface area contributed by atoms with Crippen molar-refractivity contribution < 1.29 is 19.5 Å². The van der Waals surface area contributed by atoms with Crippen LogP contribution in [-0.4, -0.2) is 101 Å². The molecule has 0 saturated carbocycles. The van der Waals surface area contributed by atoms with Crippen LogP contribution in [0.4, 0.5) is 5.13 Å². The number of hydrogen-bond donors (Lipinski definition) is 3. The van der Waals surface area contributed by atoms with Crippen molar-refractivity contribution in [1.82, 2.24) is 40.3 Å². The monoisotopic (exact) mass is 561 g/mol. The summed E-state index contributed by atoms with van der Waals surface area (Å²) in [5, 5.41) is 26.4. The van der Waals surface area contributed by atoms with Gasteiger partial charge in [-0.1, -0.05) is 11.8 Å². The minimum Gasteiger partial charge on any atom is -0.477 e. The number of nitrogen functional groups attached to an aromatic ring is 1. The van der Waals surface area contributed by atoms with Gasteiger partial charge in [0.25, 0.3) is 5.91 Å². The molecule has 0 spiro atoms. The van der Waals surface area contributed by atoms with E-state index in [9.17, 15) is 19.5 Å². The van der Waals surface area contributed by atoms with E-state index in [-0.39, 0.29) is 30.4 Å². The average Bonchev–Trinajstić information content (AvgIpc) is 3.41. The number of rotatable bonds is 10. The maximum atomic E-state index is 12.8. The lowest BCUT2D eigenvalue weighted by molar-refractivity contribution is -0.150.